The number of thioether (sulfide) groups is 1. The molecule has 0 aliphatic carbocycles. The van der Waals surface area contributed by atoms with Gasteiger partial charge in [-0.1, -0.05) is 66.2 Å². The minimum atomic E-state index is 0.732. The molecule has 0 atom stereocenters. The van der Waals surface area contributed by atoms with Crippen molar-refractivity contribution >= 4 is 46.3 Å². The number of hydrogen-bond acceptors (Lipinski definition) is 3. The summed E-state index contributed by atoms with van der Waals surface area (Å²) < 4.78 is 1.08. The van der Waals surface area contributed by atoms with Gasteiger partial charge in [0, 0.05) is 15.6 Å². The van der Waals surface area contributed by atoms with Crippen molar-refractivity contribution in [3.05, 3.63) is 58.6 Å². The van der Waals surface area contributed by atoms with Gasteiger partial charge in [-0.15, -0.1) is 11.3 Å². The molecule has 22 heavy (non-hydrogen) atoms. The molecule has 1 heterocycles. The highest BCUT2D eigenvalue weighted by Crippen LogP contribution is 2.40. The second-order valence-corrected chi connectivity index (χ2v) is 7.99. The normalized spacial score (nSPS) is 10.9. The predicted octanol–water partition coefficient (Wildman–Crippen LogP) is 6.90. The van der Waals surface area contributed by atoms with Gasteiger partial charge in [-0.2, -0.15) is 0 Å². The third-order valence-corrected chi connectivity index (χ3v) is 5.73. The highest BCUT2D eigenvalue weighted by molar-refractivity contribution is 8.01. The van der Waals surface area contributed by atoms with Gasteiger partial charge in [-0.25, -0.2) is 4.98 Å². The summed E-state index contributed by atoms with van der Waals surface area (Å²) in [6, 6.07) is 15.7. The molecule has 2 aromatic carbocycles. The summed E-state index contributed by atoms with van der Waals surface area (Å²) >= 11 is 15.5. The summed E-state index contributed by atoms with van der Waals surface area (Å²) in [5.74, 6) is 1.01. The van der Waals surface area contributed by atoms with Crippen LogP contribution in [0.1, 0.15) is 6.92 Å². The molecule has 1 aromatic heterocycles. The maximum atomic E-state index is 6.00. The zero-order valence-electron chi connectivity index (χ0n) is 11.8. The molecule has 0 radical (unpaired) electrons. The number of nitrogens with zero attached hydrogens (tertiary/aromatic N) is 1. The van der Waals surface area contributed by atoms with Crippen LogP contribution in [0, 0.1) is 0 Å². The average molecular weight is 366 g/mol. The quantitative estimate of drug-likeness (QED) is 0.466. The molecule has 0 amide bonds. The van der Waals surface area contributed by atoms with E-state index in [4.69, 9.17) is 28.2 Å². The SMILES string of the molecule is CCSc1nc(-c2ccc(Cl)cc2)c(-c2ccc(Cl)cc2)s1. The first kappa shape index (κ1) is 15.9. The molecule has 0 fully saturated rings. The van der Waals surface area contributed by atoms with Crippen molar-refractivity contribution in [1.82, 2.24) is 4.98 Å². The molecule has 0 aliphatic heterocycles. The molecule has 112 valence electrons. The predicted molar refractivity (Wildman–Crippen MR) is 99.4 cm³/mol. The molecule has 3 aromatic rings. The molecule has 0 N–H and O–H groups in total. The molecule has 3 rings (SSSR count). The van der Waals surface area contributed by atoms with Crippen LogP contribution in [0.5, 0.6) is 0 Å². The summed E-state index contributed by atoms with van der Waals surface area (Å²) in [6.45, 7) is 2.13. The standard InChI is InChI=1S/C17H13Cl2NS2/c1-2-21-17-20-15(11-3-7-13(18)8-4-11)16(22-17)12-5-9-14(19)10-6-12/h3-10H,2H2,1H3. The Labute approximate surface area is 148 Å². The van der Waals surface area contributed by atoms with Crippen molar-refractivity contribution in [3.8, 4) is 21.7 Å². The number of halogens is 2. The van der Waals surface area contributed by atoms with E-state index in [1.165, 1.54) is 0 Å². The van der Waals surface area contributed by atoms with Crippen LogP contribution in [0.2, 0.25) is 10.0 Å². The Morgan fingerprint density at radius 2 is 1.45 bits per heavy atom. The Morgan fingerprint density at radius 3 is 2.00 bits per heavy atom. The Kier molecular flexibility index (Phi) is 5.09. The first-order valence-electron chi connectivity index (χ1n) is 6.83. The van der Waals surface area contributed by atoms with Gasteiger partial charge in [-0.3, -0.25) is 0 Å². The smallest absolute Gasteiger partial charge is 0.151 e. The lowest BCUT2D eigenvalue weighted by Gasteiger charge is -2.03. The van der Waals surface area contributed by atoms with Gasteiger partial charge in [0.25, 0.3) is 0 Å². The van der Waals surface area contributed by atoms with Crippen LogP contribution in [0.3, 0.4) is 0 Å². The van der Waals surface area contributed by atoms with Crippen LogP contribution in [0.15, 0.2) is 52.9 Å². The highest BCUT2D eigenvalue weighted by atomic mass is 35.5. The maximum absolute atomic E-state index is 6.00. The third kappa shape index (κ3) is 3.49. The molecule has 0 unspecified atom stereocenters. The van der Waals surface area contributed by atoms with Crippen LogP contribution >= 0.6 is 46.3 Å². The molecule has 5 heteroatoms. The van der Waals surface area contributed by atoms with E-state index in [2.05, 4.69) is 6.92 Å². The van der Waals surface area contributed by atoms with Gasteiger partial charge in [0.1, 0.15) is 0 Å². The average Bonchev–Trinajstić information content (AvgIpc) is 2.93. The minimum Gasteiger partial charge on any atom is -0.229 e. The maximum Gasteiger partial charge on any atom is 0.151 e. The number of benzene rings is 2. The molecule has 0 saturated carbocycles. The van der Waals surface area contributed by atoms with Gasteiger partial charge in [-0.05, 0) is 35.6 Å². The van der Waals surface area contributed by atoms with Crippen LogP contribution in [0.25, 0.3) is 21.7 Å². The Hall–Kier alpha value is -1.000. The number of rotatable bonds is 4. The first-order chi connectivity index (χ1) is 10.7. The lowest BCUT2D eigenvalue weighted by molar-refractivity contribution is 1.25. The summed E-state index contributed by atoms with van der Waals surface area (Å²) in [5, 5.41) is 1.47. The summed E-state index contributed by atoms with van der Waals surface area (Å²) in [4.78, 5) is 5.97. The lowest BCUT2D eigenvalue weighted by Crippen LogP contribution is -1.82. The van der Waals surface area contributed by atoms with E-state index in [0.717, 1.165) is 41.8 Å². The Bertz CT molecular complexity index is 701. The molecule has 0 spiro atoms. The summed E-state index contributed by atoms with van der Waals surface area (Å²) in [7, 11) is 0. The Morgan fingerprint density at radius 1 is 0.909 bits per heavy atom. The van der Waals surface area contributed by atoms with E-state index in [0.29, 0.717) is 0 Å². The fraction of sp³-hybridized carbons (Fsp3) is 0.118. The molecule has 1 nitrogen and oxygen atoms in total. The molecular formula is C17H13Cl2NS2. The van der Waals surface area contributed by atoms with E-state index in [1.54, 1.807) is 23.1 Å². The van der Waals surface area contributed by atoms with Gasteiger partial charge in [0.15, 0.2) is 4.34 Å². The second kappa shape index (κ2) is 7.05. The third-order valence-electron chi connectivity index (χ3n) is 3.10. The highest BCUT2D eigenvalue weighted by Gasteiger charge is 2.15. The van der Waals surface area contributed by atoms with Crippen molar-refractivity contribution in [1.29, 1.82) is 0 Å². The van der Waals surface area contributed by atoms with Crippen molar-refractivity contribution in [2.45, 2.75) is 11.3 Å². The second-order valence-electron chi connectivity index (χ2n) is 4.60. The van der Waals surface area contributed by atoms with Crippen molar-refractivity contribution in [2.24, 2.45) is 0 Å². The van der Waals surface area contributed by atoms with Crippen LogP contribution in [-0.4, -0.2) is 10.7 Å². The van der Waals surface area contributed by atoms with Crippen LogP contribution < -0.4 is 0 Å². The first-order valence-corrected chi connectivity index (χ1v) is 9.38. The van der Waals surface area contributed by atoms with Crippen LogP contribution in [-0.2, 0) is 0 Å². The van der Waals surface area contributed by atoms with E-state index < -0.39 is 0 Å². The van der Waals surface area contributed by atoms with Gasteiger partial charge < -0.3 is 0 Å². The van der Waals surface area contributed by atoms with Crippen molar-refractivity contribution in [3.63, 3.8) is 0 Å². The van der Waals surface area contributed by atoms with Gasteiger partial charge in [0.2, 0.25) is 0 Å². The fourth-order valence-electron chi connectivity index (χ4n) is 2.09. The number of thiazole rings is 1. The zero-order valence-corrected chi connectivity index (χ0v) is 15.0. The molecular weight excluding hydrogens is 353 g/mol. The van der Waals surface area contributed by atoms with E-state index in [1.807, 2.05) is 48.5 Å². The van der Waals surface area contributed by atoms with Gasteiger partial charge in [0.05, 0.1) is 10.6 Å². The zero-order chi connectivity index (χ0) is 15.5. The topological polar surface area (TPSA) is 12.9 Å². The lowest BCUT2D eigenvalue weighted by atomic mass is 10.1. The molecule has 0 bridgehead atoms. The summed E-state index contributed by atoms with van der Waals surface area (Å²) in [6.07, 6.45) is 0. The molecule has 0 aliphatic rings. The molecule has 0 saturated heterocycles. The van der Waals surface area contributed by atoms with Crippen molar-refractivity contribution < 1.29 is 0 Å². The van der Waals surface area contributed by atoms with Gasteiger partial charge >= 0.3 is 0 Å². The number of aromatic nitrogens is 1. The van der Waals surface area contributed by atoms with E-state index >= 15 is 0 Å². The Balaban J connectivity index is 2.11. The van der Waals surface area contributed by atoms with E-state index in [9.17, 15) is 0 Å². The monoisotopic (exact) mass is 365 g/mol. The largest absolute Gasteiger partial charge is 0.229 e. The number of hydrogen-bond donors (Lipinski definition) is 0. The van der Waals surface area contributed by atoms with Crippen LogP contribution in [0.4, 0.5) is 0 Å². The van der Waals surface area contributed by atoms with E-state index in [-0.39, 0.29) is 0 Å². The minimum absolute atomic E-state index is 0.732. The van der Waals surface area contributed by atoms with Crippen molar-refractivity contribution in [2.75, 3.05) is 5.75 Å². The summed E-state index contributed by atoms with van der Waals surface area (Å²) in [5.41, 5.74) is 3.21. The fourth-order valence-corrected chi connectivity index (χ4v) is 4.41.